The zero-order valence-electron chi connectivity index (χ0n) is 39.3. The molecule has 0 aliphatic heterocycles. The Labute approximate surface area is 397 Å². The fourth-order valence-corrected chi connectivity index (χ4v) is 9.53. The quantitative estimate of drug-likeness (QED) is 0.0141. The highest BCUT2D eigenvalue weighted by Crippen LogP contribution is 2.47. The Morgan fingerprint density at radius 1 is 0.591 bits per heavy atom. The van der Waals surface area contributed by atoms with Crippen molar-refractivity contribution >= 4 is 63.0 Å². The van der Waals surface area contributed by atoms with E-state index in [1.165, 1.54) is 38.5 Å². The van der Waals surface area contributed by atoms with Crippen molar-refractivity contribution in [3.05, 3.63) is 113 Å². The maximum atomic E-state index is 11.5. The molecule has 0 spiro atoms. The van der Waals surface area contributed by atoms with Gasteiger partial charge in [-0.05, 0) is 93.5 Å². The molecule has 354 valence electrons. The Morgan fingerprint density at radius 3 is 1.52 bits per heavy atom. The number of benzene rings is 3. The second kappa shape index (κ2) is 26.1. The molecular weight excluding hydrogens is 863 g/mol. The highest BCUT2D eigenvalue weighted by molar-refractivity contribution is 7.26. The van der Waals surface area contributed by atoms with Crippen LogP contribution in [0.15, 0.2) is 84.7 Å². The summed E-state index contributed by atoms with van der Waals surface area (Å²) in [5, 5.41) is 1.48. The third kappa shape index (κ3) is 14.3. The number of fused-ring (bicyclic) bond motifs is 2. The number of carbonyl (C=O) groups is 2. The summed E-state index contributed by atoms with van der Waals surface area (Å²) >= 11 is 0. The summed E-state index contributed by atoms with van der Waals surface area (Å²) in [6, 6.07) is 11.9. The van der Waals surface area contributed by atoms with Crippen LogP contribution in [0.1, 0.15) is 157 Å². The van der Waals surface area contributed by atoms with Gasteiger partial charge >= 0.3 is 11.9 Å². The summed E-state index contributed by atoms with van der Waals surface area (Å²) in [4.78, 5) is 22.9. The van der Waals surface area contributed by atoms with Crippen molar-refractivity contribution < 1.29 is 28.5 Å². The van der Waals surface area contributed by atoms with Gasteiger partial charge in [0.25, 0.3) is 0 Å². The van der Waals surface area contributed by atoms with E-state index in [1.807, 2.05) is 42.5 Å². The Bertz CT molecular complexity index is 2300. The molecule has 0 amide bonds. The van der Waals surface area contributed by atoms with Gasteiger partial charge in [0.05, 0.1) is 26.4 Å². The zero-order chi connectivity index (χ0) is 47.6. The van der Waals surface area contributed by atoms with Gasteiger partial charge in [-0.25, -0.2) is 9.59 Å². The van der Waals surface area contributed by atoms with Gasteiger partial charge in [0.2, 0.25) is 0 Å². The molecule has 0 saturated carbocycles. The van der Waals surface area contributed by atoms with Gasteiger partial charge in [-0.2, -0.15) is 0 Å². The average molecular weight is 935 g/mol. The largest absolute Gasteiger partial charge is 0.494 e. The molecule has 8 N–H and O–H groups in total. The standard InChI is InChI=1S/C54H72N4O6P2/c1-35(2)53(59)63-31-19-15-11-7-5-9-13-17-29-61-39-25-21-37(22-26-39)41-33-43(55)45-47(49(41)57)52(66)48-46(51(45)65)44(56)34-42(50(48)58)38-23-27-40(28-24-38)62-30-18-14-10-6-8-12-16-20-32-64-54(60)36(3)4/h21-23,25-28,33-34,38,65-66H,1,3,5-20,24,29-32,55-58H2,2,4H3. The number of nitrogens with two attached hydrogens (primary N) is 4. The number of esters is 2. The highest BCUT2D eigenvalue weighted by atomic mass is 31.0. The molecule has 3 aromatic rings. The van der Waals surface area contributed by atoms with Crippen LogP contribution >= 0.6 is 17.7 Å². The molecule has 2 aliphatic rings. The third-order valence-electron chi connectivity index (χ3n) is 12.2. The van der Waals surface area contributed by atoms with E-state index in [4.69, 9.17) is 41.9 Å². The third-order valence-corrected chi connectivity index (χ3v) is 13.2. The van der Waals surface area contributed by atoms with Crippen LogP contribution in [0.25, 0.3) is 11.1 Å². The molecule has 0 fully saturated rings. The molecule has 0 bridgehead atoms. The molecular formula is C54H72N4O6P2. The molecule has 66 heavy (non-hydrogen) atoms. The first-order valence-electron chi connectivity index (χ1n) is 23.8. The summed E-state index contributed by atoms with van der Waals surface area (Å²) in [7, 11) is 7.92. The molecule has 0 aromatic heterocycles. The van der Waals surface area contributed by atoms with Crippen LogP contribution in [0.4, 0.5) is 22.7 Å². The van der Waals surface area contributed by atoms with Crippen molar-refractivity contribution in [2.24, 2.45) is 0 Å². The Hall–Kier alpha value is -5.30. The molecule has 1 unspecified atom stereocenters. The predicted molar refractivity (Wildman–Crippen MR) is 280 cm³/mol. The summed E-state index contributed by atoms with van der Waals surface area (Å²) in [5.41, 5.74) is 36.8. The van der Waals surface area contributed by atoms with Crippen molar-refractivity contribution in [1.29, 1.82) is 0 Å². The fraction of sp³-hybridized carbons (Fsp3) is 0.444. The number of nitrogen functional groups attached to an aromatic ring is 4. The molecule has 0 heterocycles. The van der Waals surface area contributed by atoms with E-state index >= 15 is 0 Å². The first-order chi connectivity index (χ1) is 31.8. The number of hydrogen-bond acceptors (Lipinski definition) is 10. The van der Waals surface area contributed by atoms with Gasteiger partial charge < -0.3 is 41.9 Å². The van der Waals surface area contributed by atoms with E-state index in [9.17, 15) is 9.59 Å². The lowest BCUT2D eigenvalue weighted by Crippen LogP contribution is -2.26. The van der Waals surface area contributed by atoms with E-state index in [0.29, 0.717) is 60.3 Å². The number of anilines is 4. The average Bonchev–Trinajstić information content (AvgIpc) is 3.30. The molecule has 5 rings (SSSR count). The summed E-state index contributed by atoms with van der Waals surface area (Å²) in [5.74, 6) is 1.10. The molecule has 2 aliphatic carbocycles. The van der Waals surface area contributed by atoms with Gasteiger partial charge in [-0.3, -0.25) is 0 Å². The van der Waals surface area contributed by atoms with Crippen LogP contribution in [0.3, 0.4) is 0 Å². The molecule has 0 saturated heterocycles. The number of rotatable bonds is 28. The zero-order valence-corrected chi connectivity index (χ0v) is 41.3. The van der Waals surface area contributed by atoms with Gasteiger partial charge in [-0.15, -0.1) is 17.7 Å². The molecule has 0 radical (unpaired) electrons. The second-order valence-corrected chi connectivity index (χ2v) is 18.7. The Balaban J connectivity index is 1.08. The SMILES string of the molecule is C=C(C)C(=O)OCCCCCCCCCCOC1=CCC(c2cc(N)c3c(c2N)C(=P)c2c(N)c(-c4ccc(OCCCCCCCCCCOC(=O)C(=C)C)cc4)cc(N)c2C3=P)C=C1. The van der Waals surface area contributed by atoms with Crippen molar-refractivity contribution in [1.82, 2.24) is 0 Å². The lowest BCUT2D eigenvalue weighted by molar-refractivity contribution is -0.139. The van der Waals surface area contributed by atoms with E-state index in [-0.39, 0.29) is 17.9 Å². The van der Waals surface area contributed by atoms with Crippen molar-refractivity contribution in [3.8, 4) is 16.9 Å². The first-order valence-corrected chi connectivity index (χ1v) is 24.8. The van der Waals surface area contributed by atoms with Crippen LogP contribution in [0, 0.1) is 0 Å². The van der Waals surface area contributed by atoms with Crippen molar-refractivity contribution in [2.45, 2.75) is 129 Å². The first kappa shape index (κ1) is 51.7. The van der Waals surface area contributed by atoms with Gasteiger partial charge in [0.1, 0.15) is 11.5 Å². The van der Waals surface area contributed by atoms with E-state index in [0.717, 1.165) is 132 Å². The minimum atomic E-state index is -0.305. The maximum absolute atomic E-state index is 11.5. The predicted octanol–water partition coefficient (Wildman–Crippen LogP) is 12.2. The Morgan fingerprint density at radius 2 is 1.03 bits per heavy atom. The molecule has 3 aromatic carbocycles. The smallest absolute Gasteiger partial charge is 0.333 e. The number of hydrogen-bond donors (Lipinski definition) is 4. The van der Waals surface area contributed by atoms with E-state index in [2.05, 4.69) is 43.0 Å². The van der Waals surface area contributed by atoms with Crippen LogP contribution in [-0.2, 0) is 23.8 Å². The van der Waals surface area contributed by atoms with Crippen LogP contribution < -0.4 is 27.7 Å². The molecule has 1 atom stereocenters. The number of carbonyl (C=O) groups excluding carboxylic acids is 2. The normalized spacial score (nSPS) is 14.0. The summed E-state index contributed by atoms with van der Waals surface area (Å²) in [6.45, 7) is 12.8. The van der Waals surface area contributed by atoms with Crippen LogP contribution in [0.5, 0.6) is 5.75 Å². The van der Waals surface area contributed by atoms with E-state index in [1.54, 1.807) is 13.8 Å². The monoisotopic (exact) mass is 934 g/mol. The van der Waals surface area contributed by atoms with Crippen LogP contribution in [0.2, 0.25) is 0 Å². The number of allylic oxidation sites excluding steroid dienone is 3. The fourth-order valence-electron chi connectivity index (χ4n) is 8.47. The minimum Gasteiger partial charge on any atom is -0.494 e. The summed E-state index contributed by atoms with van der Waals surface area (Å²) < 4.78 is 22.5. The summed E-state index contributed by atoms with van der Waals surface area (Å²) in [6.07, 6.45) is 24.7. The molecule has 10 nitrogen and oxygen atoms in total. The number of ether oxygens (including phenoxy) is 4. The van der Waals surface area contributed by atoms with Crippen molar-refractivity contribution in [2.75, 3.05) is 49.4 Å². The van der Waals surface area contributed by atoms with Gasteiger partial charge in [0, 0.05) is 78.2 Å². The highest BCUT2D eigenvalue weighted by Gasteiger charge is 2.33. The lowest BCUT2D eigenvalue weighted by Gasteiger charge is -2.31. The minimum absolute atomic E-state index is 0.0190. The second-order valence-electron chi connectivity index (χ2n) is 17.7. The topological polar surface area (TPSA) is 175 Å². The van der Waals surface area contributed by atoms with Gasteiger partial charge in [-0.1, -0.05) is 108 Å². The Kier molecular flexibility index (Phi) is 20.5. The number of unbranched alkanes of at least 4 members (excludes halogenated alkanes) is 14. The van der Waals surface area contributed by atoms with Gasteiger partial charge in [0.15, 0.2) is 0 Å². The maximum Gasteiger partial charge on any atom is 0.333 e. The van der Waals surface area contributed by atoms with E-state index < -0.39 is 0 Å². The molecule has 12 heteroatoms. The lowest BCUT2D eigenvalue weighted by atomic mass is 9.78. The van der Waals surface area contributed by atoms with Crippen molar-refractivity contribution in [3.63, 3.8) is 0 Å². The van der Waals surface area contributed by atoms with Crippen LogP contribution in [-0.4, -0.2) is 49.0 Å².